The molecule has 119 valence electrons. The van der Waals surface area contributed by atoms with Gasteiger partial charge in [-0.05, 0) is 34.9 Å². The van der Waals surface area contributed by atoms with Crippen molar-refractivity contribution in [2.45, 2.75) is 6.61 Å². The lowest BCUT2D eigenvalue weighted by atomic mass is 10.0. The zero-order valence-corrected chi connectivity index (χ0v) is 13.5. The largest absolute Gasteiger partial charge is 0.497 e. The lowest BCUT2D eigenvalue weighted by molar-refractivity contribution is 0.132. The number of rotatable bonds is 6. The van der Waals surface area contributed by atoms with Gasteiger partial charge < -0.3 is 9.57 Å². The second kappa shape index (κ2) is 7.97. The summed E-state index contributed by atoms with van der Waals surface area (Å²) in [7, 11) is 1.63. The molecule has 0 aliphatic heterocycles. The monoisotopic (exact) mass is 316 g/mol. The molecule has 0 amide bonds. The molecule has 0 spiro atoms. The molecular weight excluding hydrogens is 298 g/mol. The Morgan fingerprint density at radius 3 is 2.46 bits per heavy atom. The molecule has 0 aliphatic carbocycles. The average Bonchev–Trinajstić information content (AvgIpc) is 2.66. The molecule has 0 N–H and O–H groups in total. The molecule has 0 fully saturated rings. The van der Waals surface area contributed by atoms with Gasteiger partial charge in [0.25, 0.3) is 0 Å². The molecule has 0 heterocycles. The van der Waals surface area contributed by atoms with Crippen LogP contribution in [-0.4, -0.2) is 13.3 Å². The SMILES string of the molecule is COc1cccc(/[C]=N\OCc2cccc(-c3ccccc3)c2)c1. The highest BCUT2D eigenvalue weighted by Gasteiger charge is 1.99. The standard InChI is InChI=1S/C21H18NO2/c1-23-21-12-6-7-17(14-21)15-22-24-16-18-8-5-11-20(13-18)19-9-3-2-4-10-19/h2-14H,16H2,1H3. The molecule has 24 heavy (non-hydrogen) atoms. The predicted octanol–water partition coefficient (Wildman–Crippen LogP) is 4.79. The van der Waals surface area contributed by atoms with Crippen LogP contribution < -0.4 is 4.74 Å². The molecule has 0 saturated heterocycles. The minimum absolute atomic E-state index is 0.400. The van der Waals surface area contributed by atoms with Gasteiger partial charge in [0.15, 0.2) is 0 Å². The fourth-order valence-electron chi connectivity index (χ4n) is 2.36. The molecule has 0 aromatic heterocycles. The van der Waals surface area contributed by atoms with Gasteiger partial charge in [-0.3, -0.25) is 0 Å². The van der Waals surface area contributed by atoms with Crippen LogP contribution in [0.3, 0.4) is 0 Å². The summed E-state index contributed by atoms with van der Waals surface area (Å²) in [5.41, 5.74) is 4.23. The van der Waals surface area contributed by atoms with Gasteiger partial charge in [0.2, 0.25) is 0 Å². The summed E-state index contributed by atoms with van der Waals surface area (Å²) in [4.78, 5) is 5.36. The Balaban J connectivity index is 1.62. The first-order valence-corrected chi connectivity index (χ1v) is 7.71. The Bertz CT molecular complexity index is 813. The molecule has 0 atom stereocenters. The Hall–Kier alpha value is -3.07. The summed E-state index contributed by atoms with van der Waals surface area (Å²) < 4.78 is 5.16. The van der Waals surface area contributed by atoms with E-state index in [-0.39, 0.29) is 0 Å². The van der Waals surface area contributed by atoms with Gasteiger partial charge in [0, 0.05) is 5.56 Å². The van der Waals surface area contributed by atoms with E-state index in [1.54, 1.807) is 7.11 Å². The van der Waals surface area contributed by atoms with Crippen LogP contribution in [0, 0.1) is 0 Å². The molecule has 1 radical (unpaired) electrons. The Morgan fingerprint density at radius 2 is 1.62 bits per heavy atom. The molecule has 0 saturated carbocycles. The molecule has 0 unspecified atom stereocenters. The Kier molecular flexibility index (Phi) is 5.25. The maximum absolute atomic E-state index is 5.36. The van der Waals surface area contributed by atoms with E-state index >= 15 is 0 Å². The quantitative estimate of drug-likeness (QED) is 0.483. The summed E-state index contributed by atoms with van der Waals surface area (Å²) >= 11 is 0. The normalized spacial score (nSPS) is 10.7. The highest BCUT2D eigenvalue weighted by Crippen LogP contribution is 2.20. The van der Waals surface area contributed by atoms with Gasteiger partial charge >= 0.3 is 0 Å². The number of methoxy groups -OCH3 is 1. The van der Waals surface area contributed by atoms with Crippen LogP contribution in [0.5, 0.6) is 5.75 Å². The zero-order valence-electron chi connectivity index (χ0n) is 13.5. The van der Waals surface area contributed by atoms with Crippen molar-refractivity contribution in [3.8, 4) is 16.9 Å². The third-order valence-electron chi connectivity index (χ3n) is 3.57. The molecule has 3 heteroatoms. The van der Waals surface area contributed by atoms with Gasteiger partial charge in [0.1, 0.15) is 18.6 Å². The van der Waals surface area contributed by atoms with Crippen molar-refractivity contribution in [2.24, 2.45) is 5.16 Å². The van der Waals surface area contributed by atoms with Crippen molar-refractivity contribution in [3.05, 3.63) is 90.0 Å². The number of benzene rings is 3. The number of nitrogens with zero attached hydrogens (tertiary/aromatic N) is 1. The van der Waals surface area contributed by atoms with Crippen LogP contribution in [0.4, 0.5) is 0 Å². The van der Waals surface area contributed by atoms with E-state index in [0.29, 0.717) is 6.61 Å². The Morgan fingerprint density at radius 1 is 0.833 bits per heavy atom. The summed E-state index contributed by atoms with van der Waals surface area (Å²) in [6.07, 6.45) is 2.86. The van der Waals surface area contributed by atoms with Crippen molar-refractivity contribution in [1.29, 1.82) is 0 Å². The van der Waals surface area contributed by atoms with Crippen LogP contribution in [-0.2, 0) is 11.4 Å². The molecular formula is C21H18NO2. The van der Waals surface area contributed by atoms with Crippen molar-refractivity contribution < 1.29 is 9.57 Å². The summed E-state index contributed by atoms with van der Waals surface area (Å²) in [6.45, 7) is 0.400. The first kappa shape index (κ1) is 15.8. The van der Waals surface area contributed by atoms with Gasteiger partial charge in [-0.2, -0.15) is 0 Å². The molecule has 3 aromatic rings. The predicted molar refractivity (Wildman–Crippen MR) is 96.2 cm³/mol. The molecule has 3 aromatic carbocycles. The van der Waals surface area contributed by atoms with E-state index < -0.39 is 0 Å². The number of ether oxygens (including phenoxy) is 1. The zero-order chi connectivity index (χ0) is 16.6. The highest BCUT2D eigenvalue weighted by molar-refractivity contribution is 5.79. The van der Waals surface area contributed by atoms with E-state index in [0.717, 1.165) is 22.4 Å². The van der Waals surface area contributed by atoms with E-state index in [1.165, 1.54) is 5.56 Å². The minimum atomic E-state index is 0.400. The molecule has 0 bridgehead atoms. The fraction of sp³-hybridized carbons (Fsp3) is 0.0952. The minimum Gasteiger partial charge on any atom is -0.497 e. The third kappa shape index (κ3) is 4.23. The summed E-state index contributed by atoms with van der Waals surface area (Å²) in [5, 5.41) is 3.91. The van der Waals surface area contributed by atoms with Crippen LogP contribution in [0.25, 0.3) is 11.1 Å². The Labute approximate surface area is 142 Å². The van der Waals surface area contributed by atoms with E-state index in [1.807, 2.05) is 54.6 Å². The maximum Gasteiger partial charge on any atom is 0.142 e. The van der Waals surface area contributed by atoms with Crippen LogP contribution in [0.2, 0.25) is 0 Å². The van der Waals surface area contributed by atoms with Crippen LogP contribution >= 0.6 is 0 Å². The van der Waals surface area contributed by atoms with Gasteiger partial charge in [-0.25, -0.2) is 0 Å². The second-order valence-corrected chi connectivity index (χ2v) is 5.27. The number of hydrogen-bond donors (Lipinski definition) is 0. The lowest BCUT2D eigenvalue weighted by Crippen LogP contribution is -1.90. The lowest BCUT2D eigenvalue weighted by Gasteiger charge is -2.05. The summed E-state index contributed by atoms with van der Waals surface area (Å²) in [6, 6.07) is 26.0. The van der Waals surface area contributed by atoms with Crippen molar-refractivity contribution in [2.75, 3.05) is 7.11 Å². The number of hydrogen-bond acceptors (Lipinski definition) is 3. The third-order valence-corrected chi connectivity index (χ3v) is 3.57. The van der Waals surface area contributed by atoms with Crippen LogP contribution in [0.1, 0.15) is 11.1 Å². The molecule has 3 nitrogen and oxygen atoms in total. The molecule has 3 rings (SSSR count). The van der Waals surface area contributed by atoms with E-state index in [2.05, 4.69) is 35.6 Å². The van der Waals surface area contributed by atoms with E-state index in [9.17, 15) is 0 Å². The summed E-state index contributed by atoms with van der Waals surface area (Å²) in [5.74, 6) is 0.769. The van der Waals surface area contributed by atoms with Gasteiger partial charge in [0.05, 0.1) is 7.11 Å². The van der Waals surface area contributed by atoms with Crippen molar-refractivity contribution in [1.82, 2.24) is 0 Å². The molecule has 0 aliphatic rings. The first-order chi connectivity index (χ1) is 11.8. The maximum atomic E-state index is 5.36. The van der Waals surface area contributed by atoms with Crippen molar-refractivity contribution in [3.63, 3.8) is 0 Å². The van der Waals surface area contributed by atoms with E-state index in [4.69, 9.17) is 9.57 Å². The van der Waals surface area contributed by atoms with Crippen LogP contribution in [0.15, 0.2) is 84.0 Å². The van der Waals surface area contributed by atoms with Gasteiger partial charge in [-0.1, -0.05) is 65.8 Å². The second-order valence-electron chi connectivity index (χ2n) is 5.27. The van der Waals surface area contributed by atoms with Gasteiger partial charge in [-0.15, -0.1) is 0 Å². The van der Waals surface area contributed by atoms with Crippen molar-refractivity contribution >= 4 is 6.21 Å². The smallest absolute Gasteiger partial charge is 0.142 e. The first-order valence-electron chi connectivity index (χ1n) is 7.71. The topological polar surface area (TPSA) is 30.8 Å². The highest BCUT2D eigenvalue weighted by atomic mass is 16.6. The average molecular weight is 316 g/mol. The fourth-order valence-corrected chi connectivity index (χ4v) is 2.36.